The monoisotopic (exact) mass is 290 g/mol. The lowest BCUT2D eigenvalue weighted by Gasteiger charge is -2.29. The fourth-order valence-electron chi connectivity index (χ4n) is 1.95. The van der Waals surface area contributed by atoms with Crippen molar-refractivity contribution in [2.75, 3.05) is 12.9 Å². The summed E-state index contributed by atoms with van der Waals surface area (Å²) in [5.74, 6) is 0.179. The van der Waals surface area contributed by atoms with Crippen molar-refractivity contribution in [3.8, 4) is 5.75 Å². The molecule has 0 saturated carbocycles. The van der Waals surface area contributed by atoms with E-state index in [1.54, 1.807) is 0 Å². The molecular formula is C12H15FO5S. The Hall–Kier alpha value is -1.18. The molecule has 5 nitrogen and oxygen atoms in total. The van der Waals surface area contributed by atoms with Gasteiger partial charge >= 0.3 is 0 Å². The maximum atomic E-state index is 13.0. The van der Waals surface area contributed by atoms with Gasteiger partial charge in [-0.15, -0.1) is 0 Å². The minimum atomic E-state index is -3.59. The molecule has 1 heterocycles. The second kappa shape index (κ2) is 5.44. The predicted molar refractivity (Wildman–Crippen MR) is 65.9 cm³/mol. The molecule has 0 unspecified atom stereocenters. The van der Waals surface area contributed by atoms with Gasteiger partial charge in [-0.2, -0.15) is 8.42 Å². The molecule has 1 N–H and O–H groups in total. The molecule has 0 bridgehead atoms. The van der Waals surface area contributed by atoms with Gasteiger partial charge in [-0.05, 0) is 36.6 Å². The van der Waals surface area contributed by atoms with Crippen LogP contribution in [0.3, 0.4) is 0 Å². The van der Waals surface area contributed by atoms with Crippen molar-refractivity contribution in [1.29, 1.82) is 0 Å². The van der Waals surface area contributed by atoms with E-state index < -0.39 is 22.3 Å². The first-order valence-corrected chi connectivity index (χ1v) is 7.64. The van der Waals surface area contributed by atoms with Crippen LogP contribution in [0.4, 0.5) is 4.39 Å². The number of fused-ring (bicyclic) bond motifs is 1. The van der Waals surface area contributed by atoms with Crippen molar-refractivity contribution in [1.82, 2.24) is 0 Å². The molecule has 0 fully saturated rings. The van der Waals surface area contributed by atoms with E-state index in [2.05, 4.69) is 4.18 Å². The van der Waals surface area contributed by atoms with Gasteiger partial charge in [0.25, 0.3) is 10.1 Å². The summed E-state index contributed by atoms with van der Waals surface area (Å²) in [7, 11) is -3.59. The molecule has 1 aromatic rings. The number of halogens is 1. The van der Waals surface area contributed by atoms with Crippen LogP contribution in [0.15, 0.2) is 18.2 Å². The van der Waals surface area contributed by atoms with Crippen LogP contribution >= 0.6 is 0 Å². The highest BCUT2D eigenvalue weighted by molar-refractivity contribution is 7.85. The van der Waals surface area contributed by atoms with Crippen molar-refractivity contribution < 1.29 is 26.8 Å². The van der Waals surface area contributed by atoms with Crippen LogP contribution in [0.1, 0.15) is 12.0 Å². The average molecular weight is 290 g/mol. The Bertz CT molecular complexity index is 557. The Morgan fingerprint density at radius 1 is 1.58 bits per heavy atom. The highest BCUT2D eigenvalue weighted by Crippen LogP contribution is 2.29. The number of aryl methyl sites for hydroxylation is 1. The van der Waals surface area contributed by atoms with Crippen LogP contribution < -0.4 is 4.74 Å². The molecule has 1 aromatic carbocycles. The molecule has 106 valence electrons. The summed E-state index contributed by atoms with van der Waals surface area (Å²) in [5.41, 5.74) is 0.743. The van der Waals surface area contributed by atoms with Crippen molar-refractivity contribution >= 4 is 10.1 Å². The van der Waals surface area contributed by atoms with E-state index in [9.17, 15) is 17.9 Å². The number of benzene rings is 1. The molecule has 1 aliphatic rings. The number of hydrogen-bond acceptors (Lipinski definition) is 5. The van der Waals surface area contributed by atoms with Gasteiger partial charge in [0.1, 0.15) is 23.8 Å². The van der Waals surface area contributed by atoms with Gasteiger partial charge < -0.3 is 9.84 Å². The second-order valence-corrected chi connectivity index (χ2v) is 6.15. The fraction of sp³-hybridized carbons (Fsp3) is 0.500. The zero-order chi connectivity index (χ0) is 14.0. The highest BCUT2D eigenvalue weighted by atomic mass is 32.2. The Kier molecular flexibility index (Phi) is 4.07. The smallest absolute Gasteiger partial charge is 0.264 e. The maximum Gasteiger partial charge on any atom is 0.264 e. The van der Waals surface area contributed by atoms with E-state index in [-0.39, 0.29) is 12.4 Å². The molecule has 0 radical (unpaired) electrons. The van der Waals surface area contributed by atoms with Crippen LogP contribution in [-0.2, 0) is 20.7 Å². The fourth-order valence-corrected chi connectivity index (χ4v) is 2.34. The Morgan fingerprint density at radius 2 is 2.32 bits per heavy atom. The van der Waals surface area contributed by atoms with Gasteiger partial charge in [0.15, 0.2) is 0 Å². The lowest BCUT2D eigenvalue weighted by molar-refractivity contribution is -0.00188. The lowest BCUT2D eigenvalue weighted by atomic mass is 9.99. The number of aliphatic hydroxyl groups excluding tert-OH is 1. The van der Waals surface area contributed by atoms with E-state index in [1.165, 1.54) is 18.2 Å². The standard InChI is InChI=1S/C12H15FO5S/c1-19(15,16)17-7-10(14)12-4-2-8-6-9(13)3-5-11(8)18-12/h3,5-6,10,12,14H,2,4,7H2,1H3/t10-,12-/m0/s1. The van der Waals surface area contributed by atoms with Gasteiger partial charge in [0, 0.05) is 0 Å². The summed E-state index contributed by atoms with van der Waals surface area (Å²) in [6.07, 6.45) is 0.352. The molecule has 19 heavy (non-hydrogen) atoms. The Morgan fingerprint density at radius 3 is 3.00 bits per heavy atom. The minimum Gasteiger partial charge on any atom is -0.487 e. The Labute approximate surface area is 111 Å². The van der Waals surface area contributed by atoms with E-state index in [0.717, 1.165) is 11.8 Å². The van der Waals surface area contributed by atoms with Gasteiger partial charge in [0.05, 0.1) is 12.9 Å². The van der Waals surface area contributed by atoms with Gasteiger partial charge in [-0.25, -0.2) is 4.39 Å². The number of aliphatic hydroxyl groups is 1. The molecule has 2 rings (SSSR count). The third-order valence-electron chi connectivity index (χ3n) is 2.88. The summed E-state index contributed by atoms with van der Waals surface area (Å²) in [4.78, 5) is 0. The van der Waals surface area contributed by atoms with Crippen LogP contribution in [0.5, 0.6) is 5.75 Å². The normalized spacial score (nSPS) is 20.5. The lowest BCUT2D eigenvalue weighted by Crippen LogP contribution is -2.38. The molecule has 7 heteroatoms. The molecule has 0 amide bonds. The van der Waals surface area contributed by atoms with Gasteiger partial charge in [-0.1, -0.05) is 0 Å². The topological polar surface area (TPSA) is 72.8 Å². The van der Waals surface area contributed by atoms with Crippen molar-refractivity contribution in [2.45, 2.75) is 25.0 Å². The SMILES string of the molecule is CS(=O)(=O)OC[C@H](O)[C@@H]1CCc2cc(F)ccc2O1. The molecule has 0 aliphatic carbocycles. The van der Waals surface area contributed by atoms with E-state index in [4.69, 9.17) is 4.74 Å². The molecule has 0 aromatic heterocycles. The molecule has 0 spiro atoms. The van der Waals surface area contributed by atoms with Crippen LogP contribution in [0.25, 0.3) is 0 Å². The van der Waals surface area contributed by atoms with E-state index in [0.29, 0.717) is 18.6 Å². The molecule has 2 atom stereocenters. The third-order valence-corrected chi connectivity index (χ3v) is 3.45. The van der Waals surface area contributed by atoms with Crippen molar-refractivity contribution in [3.05, 3.63) is 29.6 Å². The third kappa shape index (κ3) is 3.89. The van der Waals surface area contributed by atoms with Crippen LogP contribution in [0.2, 0.25) is 0 Å². The summed E-state index contributed by atoms with van der Waals surface area (Å²) in [5, 5.41) is 9.83. The van der Waals surface area contributed by atoms with Crippen molar-refractivity contribution in [3.63, 3.8) is 0 Å². The summed E-state index contributed by atoms with van der Waals surface area (Å²) < 4.78 is 44.7. The first-order chi connectivity index (χ1) is 8.85. The van der Waals surface area contributed by atoms with Gasteiger partial charge in [-0.3, -0.25) is 4.18 Å². The largest absolute Gasteiger partial charge is 0.487 e. The number of hydrogen-bond donors (Lipinski definition) is 1. The van der Waals surface area contributed by atoms with Crippen molar-refractivity contribution in [2.24, 2.45) is 0 Å². The van der Waals surface area contributed by atoms with Gasteiger partial charge in [0.2, 0.25) is 0 Å². The Balaban J connectivity index is 1.99. The average Bonchev–Trinajstić information content (AvgIpc) is 2.34. The van der Waals surface area contributed by atoms with Crippen LogP contribution in [0, 0.1) is 5.82 Å². The quantitative estimate of drug-likeness (QED) is 0.833. The highest BCUT2D eigenvalue weighted by Gasteiger charge is 2.27. The summed E-state index contributed by atoms with van der Waals surface area (Å²) in [6, 6.07) is 4.17. The first kappa shape index (κ1) is 14.2. The van der Waals surface area contributed by atoms with E-state index in [1.807, 2.05) is 0 Å². The van der Waals surface area contributed by atoms with Crippen LogP contribution in [-0.4, -0.2) is 38.6 Å². The maximum absolute atomic E-state index is 13.0. The molecule has 0 saturated heterocycles. The number of ether oxygens (including phenoxy) is 1. The zero-order valence-corrected chi connectivity index (χ0v) is 11.2. The summed E-state index contributed by atoms with van der Waals surface area (Å²) >= 11 is 0. The first-order valence-electron chi connectivity index (χ1n) is 5.83. The van der Waals surface area contributed by atoms with E-state index >= 15 is 0 Å². The summed E-state index contributed by atoms with van der Waals surface area (Å²) in [6.45, 7) is -0.347. The second-order valence-electron chi connectivity index (χ2n) is 4.50. The molecule has 1 aliphatic heterocycles. The predicted octanol–water partition coefficient (Wildman–Crippen LogP) is 0.856. The minimum absolute atomic E-state index is 0.332. The number of rotatable bonds is 4. The molecular weight excluding hydrogens is 275 g/mol. The zero-order valence-electron chi connectivity index (χ0n) is 10.4.